The molecule has 0 radical (unpaired) electrons. The summed E-state index contributed by atoms with van der Waals surface area (Å²) in [4.78, 5) is 11.4. The van der Waals surface area contributed by atoms with Crippen LogP contribution in [-0.4, -0.2) is 68.7 Å². The lowest BCUT2D eigenvalue weighted by Gasteiger charge is -2.23. The summed E-state index contributed by atoms with van der Waals surface area (Å²) >= 11 is 0. The Hall–Kier alpha value is -1.78. The van der Waals surface area contributed by atoms with Gasteiger partial charge in [0.05, 0.1) is 19.1 Å². The fourth-order valence-electron chi connectivity index (χ4n) is 1.26. The van der Waals surface area contributed by atoms with Crippen LogP contribution in [0.25, 0.3) is 0 Å². The summed E-state index contributed by atoms with van der Waals surface area (Å²) in [6.45, 7) is -0.780. The molecule has 6 N–H and O–H groups in total. The van der Waals surface area contributed by atoms with E-state index >= 15 is 0 Å². The van der Waals surface area contributed by atoms with Crippen molar-refractivity contribution < 1.29 is 34.7 Å². The van der Waals surface area contributed by atoms with Gasteiger partial charge in [-0.3, -0.25) is 4.79 Å². The molecule has 9 nitrogen and oxygen atoms in total. The van der Waals surface area contributed by atoms with Gasteiger partial charge in [-0.1, -0.05) is 0 Å². The topological polar surface area (TPSA) is 156 Å². The summed E-state index contributed by atoms with van der Waals surface area (Å²) in [6, 6.07) is 2.90. The van der Waals surface area contributed by atoms with Gasteiger partial charge in [-0.25, -0.2) is 5.43 Å². The molecule has 0 saturated heterocycles. The van der Waals surface area contributed by atoms with E-state index in [2.05, 4.69) is 5.10 Å². The van der Waals surface area contributed by atoms with E-state index in [1.807, 2.05) is 5.43 Å². The third kappa shape index (κ3) is 4.40. The Morgan fingerprint density at radius 1 is 1.35 bits per heavy atom. The van der Waals surface area contributed by atoms with Crippen molar-refractivity contribution in [3.63, 3.8) is 0 Å². The van der Waals surface area contributed by atoms with Crippen molar-refractivity contribution in [2.75, 3.05) is 6.61 Å². The number of aliphatic hydroxyl groups is 5. The first kappa shape index (κ1) is 16.3. The number of nitrogens with one attached hydrogen (secondary N) is 1. The van der Waals surface area contributed by atoms with E-state index in [0.717, 1.165) is 6.21 Å². The highest BCUT2D eigenvalue weighted by molar-refractivity contribution is 5.91. The Kier molecular flexibility index (Phi) is 6.28. The summed E-state index contributed by atoms with van der Waals surface area (Å²) in [7, 11) is 0. The van der Waals surface area contributed by atoms with Gasteiger partial charge in [0.1, 0.15) is 24.4 Å². The first-order valence-electron chi connectivity index (χ1n) is 5.67. The van der Waals surface area contributed by atoms with Gasteiger partial charge in [-0.2, -0.15) is 5.10 Å². The van der Waals surface area contributed by atoms with Gasteiger partial charge in [0.2, 0.25) is 0 Å². The highest BCUT2D eigenvalue weighted by Gasteiger charge is 2.29. The molecule has 20 heavy (non-hydrogen) atoms. The van der Waals surface area contributed by atoms with Crippen LogP contribution in [0.2, 0.25) is 0 Å². The standard InChI is InChI=1S/C11H16N2O7/c14-5-7(16)10(18)9(17)6(15)4-12-13-11(19)8-2-1-3-20-8/h1-4,6-7,9-10,14-18H,5H2,(H,13,19)/b12-4+/t6-,7-,9-,10+/m0/s1. The summed E-state index contributed by atoms with van der Waals surface area (Å²) in [5.41, 5.74) is 2.03. The minimum atomic E-state index is -1.78. The van der Waals surface area contributed by atoms with Crippen molar-refractivity contribution in [2.45, 2.75) is 24.4 Å². The largest absolute Gasteiger partial charge is 0.459 e. The Morgan fingerprint density at radius 3 is 2.60 bits per heavy atom. The van der Waals surface area contributed by atoms with Gasteiger partial charge in [0, 0.05) is 0 Å². The molecule has 0 aromatic carbocycles. The monoisotopic (exact) mass is 288 g/mol. The predicted octanol–water partition coefficient (Wildman–Crippen LogP) is -2.57. The molecule has 0 unspecified atom stereocenters. The second-order valence-corrected chi connectivity index (χ2v) is 3.92. The second kappa shape index (κ2) is 7.72. The normalized spacial score (nSPS) is 17.6. The molecule has 0 aliphatic rings. The van der Waals surface area contributed by atoms with Crippen LogP contribution in [0.5, 0.6) is 0 Å². The van der Waals surface area contributed by atoms with Crippen molar-refractivity contribution in [1.29, 1.82) is 0 Å². The maximum atomic E-state index is 11.4. The van der Waals surface area contributed by atoms with Gasteiger partial charge >= 0.3 is 5.91 Å². The van der Waals surface area contributed by atoms with E-state index < -0.39 is 36.9 Å². The summed E-state index contributed by atoms with van der Waals surface area (Å²) in [6.07, 6.45) is -4.74. The van der Waals surface area contributed by atoms with Crippen LogP contribution < -0.4 is 5.43 Å². The average Bonchev–Trinajstić information content (AvgIpc) is 2.98. The van der Waals surface area contributed by atoms with E-state index in [9.17, 15) is 20.1 Å². The molecule has 0 aliphatic carbocycles. The van der Waals surface area contributed by atoms with Crippen LogP contribution in [0.1, 0.15) is 10.6 Å². The highest BCUT2D eigenvalue weighted by atomic mass is 16.4. The van der Waals surface area contributed by atoms with Crippen molar-refractivity contribution in [1.82, 2.24) is 5.43 Å². The van der Waals surface area contributed by atoms with E-state index in [1.54, 1.807) is 0 Å². The second-order valence-electron chi connectivity index (χ2n) is 3.92. The number of hydrazone groups is 1. The lowest BCUT2D eigenvalue weighted by Crippen LogP contribution is -2.46. The maximum absolute atomic E-state index is 11.4. The van der Waals surface area contributed by atoms with Crippen LogP contribution in [0.15, 0.2) is 27.9 Å². The zero-order valence-corrected chi connectivity index (χ0v) is 10.3. The molecule has 9 heteroatoms. The Labute approximate surface area is 113 Å². The molecule has 112 valence electrons. The molecule has 0 bridgehead atoms. The number of furan rings is 1. The summed E-state index contributed by atoms with van der Waals surface area (Å²) < 4.78 is 4.79. The molecule has 1 rings (SSSR count). The Bertz CT molecular complexity index is 434. The smallest absolute Gasteiger partial charge is 0.307 e. The molecule has 1 aromatic heterocycles. The number of rotatable bonds is 7. The van der Waals surface area contributed by atoms with Gasteiger partial charge in [0.15, 0.2) is 5.76 Å². The Morgan fingerprint density at radius 2 is 2.05 bits per heavy atom. The molecular weight excluding hydrogens is 272 g/mol. The fourth-order valence-corrected chi connectivity index (χ4v) is 1.26. The number of aliphatic hydroxyl groups excluding tert-OH is 5. The summed E-state index contributed by atoms with van der Waals surface area (Å²) in [5, 5.41) is 49.3. The van der Waals surface area contributed by atoms with Crippen LogP contribution >= 0.6 is 0 Å². The Balaban J connectivity index is 2.47. The third-order valence-electron chi connectivity index (χ3n) is 2.42. The summed E-state index contributed by atoms with van der Waals surface area (Å²) in [5.74, 6) is -0.656. The van der Waals surface area contributed by atoms with Crippen LogP contribution in [0, 0.1) is 0 Å². The molecular formula is C11H16N2O7. The third-order valence-corrected chi connectivity index (χ3v) is 2.42. The number of hydrogen-bond donors (Lipinski definition) is 6. The molecule has 1 amide bonds. The zero-order chi connectivity index (χ0) is 15.1. The van der Waals surface area contributed by atoms with Crippen LogP contribution in [0.3, 0.4) is 0 Å². The van der Waals surface area contributed by atoms with E-state index in [1.165, 1.54) is 18.4 Å². The van der Waals surface area contributed by atoms with Crippen molar-refractivity contribution in [3.05, 3.63) is 24.2 Å². The lowest BCUT2D eigenvalue weighted by atomic mass is 10.0. The predicted molar refractivity (Wildman–Crippen MR) is 65.8 cm³/mol. The fraction of sp³-hybridized carbons (Fsp3) is 0.455. The quantitative estimate of drug-likeness (QED) is 0.238. The van der Waals surface area contributed by atoms with Gasteiger partial charge in [-0.15, -0.1) is 0 Å². The van der Waals surface area contributed by atoms with Crippen molar-refractivity contribution in [2.24, 2.45) is 5.10 Å². The van der Waals surface area contributed by atoms with E-state index in [0.29, 0.717) is 0 Å². The van der Waals surface area contributed by atoms with Crippen molar-refractivity contribution >= 4 is 12.1 Å². The lowest BCUT2D eigenvalue weighted by molar-refractivity contribution is -0.0999. The molecule has 0 fully saturated rings. The molecule has 0 aliphatic heterocycles. The van der Waals surface area contributed by atoms with Gasteiger partial charge in [0.25, 0.3) is 0 Å². The number of carbonyl (C=O) groups is 1. The maximum Gasteiger partial charge on any atom is 0.307 e. The van der Waals surface area contributed by atoms with Gasteiger partial charge in [-0.05, 0) is 12.1 Å². The minimum Gasteiger partial charge on any atom is -0.459 e. The highest BCUT2D eigenvalue weighted by Crippen LogP contribution is 2.04. The van der Waals surface area contributed by atoms with Crippen LogP contribution in [0.4, 0.5) is 0 Å². The zero-order valence-electron chi connectivity index (χ0n) is 10.3. The van der Waals surface area contributed by atoms with Crippen molar-refractivity contribution in [3.8, 4) is 0 Å². The first-order valence-corrected chi connectivity index (χ1v) is 5.67. The average molecular weight is 288 g/mol. The number of nitrogens with zero attached hydrogens (tertiary/aromatic N) is 1. The van der Waals surface area contributed by atoms with Crippen LogP contribution in [-0.2, 0) is 0 Å². The molecule has 1 aromatic rings. The molecule has 0 spiro atoms. The van der Waals surface area contributed by atoms with E-state index in [4.69, 9.17) is 14.6 Å². The number of hydrogen-bond acceptors (Lipinski definition) is 8. The van der Waals surface area contributed by atoms with Gasteiger partial charge < -0.3 is 29.9 Å². The molecule has 0 saturated carbocycles. The first-order chi connectivity index (χ1) is 9.47. The molecule has 4 atom stereocenters. The number of carbonyl (C=O) groups excluding carboxylic acids is 1. The SMILES string of the molecule is O=C(N/N=C/[C@H](O)[C@H](O)[C@H](O)[C@@H](O)CO)c1ccco1. The minimum absolute atomic E-state index is 0.00734. The molecule has 1 heterocycles. The number of amides is 1. The van der Waals surface area contributed by atoms with E-state index in [-0.39, 0.29) is 5.76 Å².